The highest BCUT2D eigenvalue weighted by Gasteiger charge is 2.41. The molecule has 1 aliphatic heterocycles. The summed E-state index contributed by atoms with van der Waals surface area (Å²) in [5.74, 6) is 1.22. The zero-order valence-electron chi connectivity index (χ0n) is 15.7. The highest BCUT2D eigenvalue weighted by atomic mass is 35.5. The maximum atomic E-state index is 12.8. The van der Waals surface area contributed by atoms with Gasteiger partial charge in [-0.3, -0.25) is 4.79 Å². The first kappa shape index (κ1) is 20.5. The molecule has 2 saturated carbocycles. The van der Waals surface area contributed by atoms with Crippen LogP contribution in [0, 0.1) is 17.8 Å². The van der Waals surface area contributed by atoms with Gasteiger partial charge in [0.2, 0.25) is 15.9 Å². The van der Waals surface area contributed by atoms with E-state index in [0.717, 1.165) is 12.3 Å². The number of benzene rings is 1. The number of hydrogen-bond donors (Lipinski definition) is 1. The van der Waals surface area contributed by atoms with Crippen LogP contribution in [0.5, 0.6) is 0 Å². The van der Waals surface area contributed by atoms with Crippen molar-refractivity contribution in [2.75, 3.05) is 13.1 Å². The van der Waals surface area contributed by atoms with Crippen LogP contribution in [0.25, 0.3) is 0 Å². The van der Waals surface area contributed by atoms with E-state index in [0.29, 0.717) is 53.5 Å². The van der Waals surface area contributed by atoms with Crippen LogP contribution >= 0.6 is 23.2 Å². The van der Waals surface area contributed by atoms with Gasteiger partial charge in [-0.1, -0.05) is 35.7 Å². The van der Waals surface area contributed by atoms with Gasteiger partial charge in [-0.25, -0.2) is 12.7 Å². The fraction of sp³-hybridized carbons (Fsp3) is 0.650. The summed E-state index contributed by atoms with van der Waals surface area (Å²) in [5.41, 5.74) is 0.432. The second-order valence-electron chi connectivity index (χ2n) is 8.42. The Balaban J connectivity index is 1.32. The molecule has 1 N–H and O–H groups in total. The Morgan fingerprint density at radius 1 is 1.07 bits per heavy atom. The summed E-state index contributed by atoms with van der Waals surface area (Å²) >= 11 is 12.3. The Labute approximate surface area is 176 Å². The number of halogens is 2. The molecule has 1 heterocycles. The Hall–Kier alpha value is -0.820. The third-order valence-corrected chi connectivity index (χ3v) is 9.19. The Morgan fingerprint density at radius 2 is 1.75 bits per heavy atom. The highest BCUT2D eigenvalue weighted by molar-refractivity contribution is 7.88. The second kappa shape index (κ2) is 8.13. The van der Waals surface area contributed by atoms with Crippen molar-refractivity contribution in [2.45, 2.75) is 50.3 Å². The van der Waals surface area contributed by atoms with Gasteiger partial charge in [0.25, 0.3) is 0 Å². The average Bonchev–Trinajstić information content (AvgIpc) is 3.28. The monoisotopic (exact) mass is 444 g/mol. The minimum atomic E-state index is -3.53. The maximum Gasteiger partial charge on any atom is 0.223 e. The molecule has 0 spiro atoms. The number of rotatable bonds is 5. The normalized spacial score (nSPS) is 28.6. The molecular formula is C20H26Cl2N2O3S. The summed E-state index contributed by atoms with van der Waals surface area (Å²) in [6.07, 6.45) is 6.03. The lowest BCUT2D eigenvalue weighted by molar-refractivity contribution is -0.127. The molecule has 5 nitrogen and oxygen atoms in total. The molecule has 2 bridgehead atoms. The minimum absolute atomic E-state index is 0.101. The molecule has 3 atom stereocenters. The molecule has 154 valence electrons. The van der Waals surface area contributed by atoms with Crippen molar-refractivity contribution in [2.24, 2.45) is 17.8 Å². The van der Waals surface area contributed by atoms with E-state index in [4.69, 9.17) is 23.2 Å². The van der Waals surface area contributed by atoms with Crippen molar-refractivity contribution < 1.29 is 13.2 Å². The van der Waals surface area contributed by atoms with Gasteiger partial charge in [0, 0.05) is 40.7 Å². The lowest BCUT2D eigenvalue weighted by Gasteiger charge is -2.32. The van der Waals surface area contributed by atoms with Crippen molar-refractivity contribution in [3.63, 3.8) is 0 Å². The molecule has 0 radical (unpaired) electrons. The SMILES string of the molecule is O=C(N[C@H]1C[C@H]2CC[C@H]1C2)C1CCN(S(=O)(=O)Cc2c(Cl)cccc2Cl)CC1. The molecule has 4 rings (SSSR count). The number of piperidine rings is 1. The average molecular weight is 445 g/mol. The standard InChI is InChI=1S/C20H26Cl2N2O3S/c21-17-2-1-3-18(22)16(17)12-28(26,27)24-8-6-14(7-9-24)20(25)23-19-11-13-4-5-15(19)10-13/h1-3,13-15,19H,4-12H2,(H,23,25)/t13-,15-,19-/m0/s1. The second-order valence-corrected chi connectivity index (χ2v) is 11.2. The molecule has 2 aliphatic carbocycles. The van der Waals surface area contributed by atoms with Crippen LogP contribution in [0.4, 0.5) is 0 Å². The largest absolute Gasteiger partial charge is 0.353 e. The van der Waals surface area contributed by atoms with Crippen molar-refractivity contribution in [1.82, 2.24) is 9.62 Å². The number of carbonyl (C=O) groups excluding carboxylic acids is 1. The van der Waals surface area contributed by atoms with E-state index < -0.39 is 10.0 Å². The summed E-state index contributed by atoms with van der Waals surface area (Å²) in [7, 11) is -3.53. The predicted octanol–water partition coefficient (Wildman–Crippen LogP) is 3.84. The Bertz CT molecular complexity index is 833. The molecule has 3 fully saturated rings. The van der Waals surface area contributed by atoms with Gasteiger partial charge in [0.1, 0.15) is 0 Å². The van der Waals surface area contributed by atoms with Crippen LogP contribution in [-0.2, 0) is 20.6 Å². The highest BCUT2D eigenvalue weighted by Crippen LogP contribution is 2.44. The summed E-state index contributed by atoms with van der Waals surface area (Å²) < 4.78 is 27.1. The Kier molecular flexibility index (Phi) is 5.94. The van der Waals surface area contributed by atoms with E-state index in [1.54, 1.807) is 18.2 Å². The number of carbonyl (C=O) groups is 1. The molecule has 8 heteroatoms. The molecule has 0 aromatic heterocycles. The van der Waals surface area contributed by atoms with Crippen LogP contribution in [0.15, 0.2) is 18.2 Å². The van der Waals surface area contributed by atoms with E-state index in [1.165, 1.54) is 23.6 Å². The maximum absolute atomic E-state index is 12.8. The fourth-order valence-corrected chi connectivity index (χ4v) is 7.38. The predicted molar refractivity (Wildman–Crippen MR) is 111 cm³/mol. The van der Waals surface area contributed by atoms with E-state index in [2.05, 4.69) is 5.32 Å². The quantitative estimate of drug-likeness (QED) is 0.749. The number of nitrogens with zero attached hydrogens (tertiary/aromatic N) is 1. The van der Waals surface area contributed by atoms with Gasteiger partial charge in [0.05, 0.1) is 5.75 Å². The topological polar surface area (TPSA) is 66.5 Å². The first-order chi connectivity index (χ1) is 13.3. The number of amides is 1. The van der Waals surface area contributed by atoms with Crippen LogP contribution in [0.3, 0.4) is 0 Å². The lowest BCUT2D eigenvalue weighted by atomic mass is 9.93. The van der Waals surface area contributed by atoms with Crippen LogP contribution in [0.2, 0.25) is 10.0 Å². The van der Waals surface area contributed by atoms with Gasteiger partial charge >= 0.3 is 0 Å². The van der Waals surface area contributed by atoms with Crippen molar-refractivity contribution in [1.29, 1.82) is 0 Å². The first-order valence-corrected chi connectivity index (χ1v) is 12.4. The van der Waals surface area contributed by atoms with E-state index >= 15 is 0 Å². The zero-order chi connectivity index (χ0) is 19.9. The first-order valence-electron chi connectivity index (χ1n) is 10.0. The van der Waals surface area contributed by atoms with Gasteiger partial charge in [-0.05, 0) is 56.1 Å². The van der Waals surface area contributed by atoms with E-state index in [1.807, 2.05) is 0 Å². The Morgan fingerprint density at radius 3 is 2.32 bits per heavy atom. The van der Waals surface area contributed by atoms with Gasteiger partial charge in [-0.2, -0.15) is 0 Å². The van der Waals surface area contributed by atoms with Gasteiger partial charge < -0.3 is 5.32 Å². The smallest absolute Gasteiger partial charge is 0.223 e. The summed E-state index contributed by atoms with van der Waals surface area (Å²) in [6.45, 7) is 0.721. The van der Waals surface area contributed by atoms with Gasteiger partial charge in [-0.15, -0.1) is 0 Å². The molecule has 1 aromatic carbocycles. The molecule has 3 aliphatic rings. The van der Waals surface area contributed by atoms with Crippen LogP contribution in [0.1, 0.15) is 44.1 Å². The van der Waals surface area contributed by atoms with Crippen molar-refractivity contribution >= 4 is 39.1 Å². The van der Waals surface area contributed by atoms with Crippen LogP contribution < -0.4 is 5.32 Å². The van der Waals surface area contributed by atoms with E-state index in [9.17, 15) is 13.2 Å². The number of hydrogen-bond acceptors (Lipinski definition) is 3. The zero-order valence-corrected chi connectivity index (χ0v) is 18.1. The molecule has 0 unspecified atom stereocenters. The number of nitrogens with one attached hydrogen (secondary N) is 1. The van der Waals surface area contributed by atoms with Crippen LogP contribution in [-0.4, -0.2) is 37.8 Å². The minimum Gasteiger partial charge on any atom is -0.353 e. The number of sulfonamides is 1. The summed E-state index contributed by atoms with van der Waals surface area (Å²) in [6, 6.07) is 5.31. The van der Waals surface area contributed by atoms with Crippen molar-refractivity contribution in [3.8, 4) is 0 Å². The molecular weight excluding hydrogens is 419 g/mol. The third-order valence-electron chi connectivity index (χ3n) is 6.67. The molecule has 28 heavy (non-hydrogen) atoms. The number of fused-ring (bicyclic) bond motifs is 2. The van der Waals surface area contributed by atoms with E-state index in [-0.39, 0.29) is 17.6 Å². The van der Waals surface area contributed by atoms with Gasteiger partial charge in [0.15, 0.2) is 0 Å². The molecule has 1 amide bonds. The summed E-state index contributed by atoms with van der Waals surface area (Å²) in [4.78, 5) is 12.7. The molecule has 1 saturated heterocycles. The third kappa shape index (κ3) is 4.20. The van der Waals surface area contributed by atoms with Crippen molar-refractivity contribution in [3.05, 3.63) is 33.8 Å². The lowest BCUT2D eigenvalue weighted by Crippen LogP contribution is -2.46. The molecule has 1 aromatic rings. The fourth-order valence-electron chi connectivity index (χ4n) is 5.06. The summed E-state index contributed by atoms with van der Waals surface area (Å²) in [5, 5.41) is 3.96.